The Morgan fingerprint density at radius 3 is 2.32 bits per heavy atom. The predicted molar refractivity (Wildman–Crippen MR) is 73.6 cm³/mol. The highest BCUT2D eigenvalue weighted by Crippen LogP contribution is 2.19. The van der Waals surface area contributed by atoms with E-state index >= 15 is 0 Å². The van der Waals surface area contributed by atoms with E-state index < -0.39 is 7.12 Å². The van der Waals surface area contributed by atoms with E-state index in [2.05, 4.69) is 0 Å². The fourth-order valence-electron chi connectivity index (χ4n) is 1.64. The van der Waals surface area contributed by atoms with Crippen molar-refractivity contribution in [1.29, 1.82) is 0 Å². The summed E-state index contributed by atoms with van der Waals surface area (Å²) in [6.45, 7) is 0.412. The Morgan fingerprint density at radius 2 is 1.68 bits per heavy atom. The molecule has 0 aromatic heterocycles. The number of benzene rings is 2. The fraction of sp³-hybridized carbons (Fsp3) is 0.143. The number of methoxy groups -OCH3 is 1. The van der Waals surface area contributed by atoms with Crippen LogP contribution in [0.25, 0.3) is 0 Å². The fourth-order valence-corrected chi connectivity index (χ4v) is 1.64. The molecule has 4 nitrogen and oxygen atoms in total. The lowest BCUT2D eigenvalue weighted by Crippen LogP contribution is -2.29. The topological polar surface area (TPSA) is 58.9 Å². The Morgan fingerprint density at radius 1 is 1.00 bits per heavy atom. The molecule has 19 heavy (non-hydrogen) atoms. The molecule has 0 spiro atoms. The van der Waals surface area contributed by atoms with Gasteiger partial charge in [-0.05, 0) is 23.2 Å². The van der Waals surface area contributed by atoms with Gasteiger partial charge in [0.2, 0.25) is 0 Å². The van der Waals surface area contributed by atoms with E-state index in [1.807, 2.05) is 24.3 Å². The molecule has 5 heteroatoms. The van der Waals surface area contributed by atoms with Crippen molar-refractivity contribution in [3.8, 4) is 11.5 Å². The highest BCUT2D eigenvalue weighted by molar-refractivity contribution is 6.58. The van der Waals surface area contributed by atoms with Gasteiger partial charge in [-0.3, -0.25) is 0 Å². The van der Waals surface area contributed by atoms with Crippen LogP contribution >= 0.6 is 0 Å². The minimum atomic E-state index is -1.44. The second kappa shape index (κ2) is 6.27. The van der Waals surface area contributed by atoms with Gasteiger partial charge in [-0.25, -0.2) is 0 Å². The van der Waals surface area contributed by atoms with E-state index in [0.717, 1.165) is 17.1 Å². The molecule has 0 bridgehead atoms. The Balaban J connectivity index is 1.98. The van der Waals surface area contributed by atoms with Crippen molar-refractivity contribution in [3.05, 3.63) is 54.1 Å². The van der Waals surface area contributed by atoms with E-state index in [0.29, 0.717) is 12.1 Å². The smallest absolute Gasteiger partial charge is 0.488 e. The Bertz CT molecular complexity index is 525. The van der Waals surface area contributed by atoms with Gasteiger partial charge in [-0.1, -0.05) is 30.3 Å². The molecule has 2 aromatic rings. The predicted octanol–water partition coefficient (Wildman–Crippen LogP) is 0.954. The van der Waals surface area contributed by atoms with Crippen molar-refractivity contribution in [2.24, 2.45) is 0 Å². The normalized spacial score (nSPS) is 10.1. The highest BCUT2D eigenvalue weighted by Gasteiger charge is 2.09. The molecule has 2 N–H and O–H groups in total. The lowest BCUT2D eigenvalue weighted by atomic mass is 9.80. The second-order valence-electron chi connectivity index (χ2n) is 4.08. The average molecular weight is 258 g/mol. The largest absolute Gasteiger partial charge is 0.497 e. The molecule has 0 amide bonds. The van der Waals surface area contributed by atoms with Crippen LogP contribution in [0.15, 0.2) is 48.5 Å². The minimum absolute atomic E-state index is 0.412. The van der Waals surface area contributed by atoms with Crippen LogP contribution < -0.4 is 14.9 Å². The zero-order chi connectivity index (χ0) is 13.7. The molecular weight excluding hydrogens is 243 g/mol. The van der Waals surface area contributed by atoms with Gasteiger partial charge in [0.25, 0.3) is 0 Å². The molecule has 0 heterocycles. The van der Waals surface area contributed by atoms with Gasteiger partial charge >= 0.3 is 7.12 Å². The summed E-state index contributed by atoms with van der Waals surface area (Å²) in [6, 6.07) is 14.3. The van der Waals surface area contributed by atoms with Crippen LogP contribution in [0.1, 0.15) is 5.56 Å². The maximum atomic E-state index is 8.99. The van der Waals surface area contributed by atoms with Crippen LogP contribution in [-0.4, -0.2) is 24.3 Å². The molecule has 0 unspecified atom stereocenters. The third-order valence-corrected chi connectivity index (χ3v) is 2.72. The van der Waals surface area contributed by atoms with E-state index in [-0.39, 0.29) is 0 Å². The Labute approximate surface area is 112 Å². The number of hydrogen-bond acceptors (Lipinski definition) is 4. The first-order valence-corrected chi connectivity index (χ1v) is 5.91. The SMILES string of the molecule is COc1cccc(OCc2ccc(B(O)O)cc2)c1. The summed E-state index contributed by atoms with van der Waals surface area (Å²) < 4.78 is 10.7. The minimum Gasteiger partial charge on any atom is -0.497 e. The molecule has 0 aliphatic rings. The monoisotopic (exact) mass is 258 g/mol. The van der Waals surface area contributed by atoms with Gasteiger partial charge in [0, 0.05) is 6.07 Å². The van der Waals surface area contributed by atoms with E-state index in [1.165, 1.54) is 0 Å². The number of ether oxygens (including phenoxy) is 2. The van der Waals surface area contributed by atoms with Crippen molar-refractivity contribution in [2.75, 3.05) is 7.11 Å². The van der Waals surface area contributed by atoms with Crippen molar-refractivity contribution < 1.29 is 19.5 Å². The van der Waals surface area contributed by atoms with Crippen LogP contribution in [-0.2, 0) is 6.61 Å². The standard InChI is InChI=1S/C14H15BO4/c1-18-13-3-2-4-14(9-13)19-10-11-5-7-12(8-6-11)15(16)17/h2-9,16-17H,10H2,1H3. The quantitative estimate of drug-likeness (QED) is 0.784. The first-order chi connectivity index (χ1) is 9.19. The molecular formula is C14H15BO4. The molecule has 98 valence electrons. The van der Waals surface area contributed by atoms with Crippen molar-refractivity contribution in [1.82, 2.24) is 0 Å². The molecule has 0 fully saturated rings. The van der Waals surface area contributed by atoms with Crippen LogP contribution in [0.3, 0.4) is 0 Å². The van der Waals surface area contributed by atoms with E-state index in [1.54, 1.807) is 31.4 Å². The maximum Gasteiger partial charge on any atom is 0.488 e. The third kappa shape index (κ3) is 3.74. The van der Waals surface area contributed by atoms with Crippen LogP contribution in [0, 0.1) is 0 Å². The van der Waals surface area contributed by atoms with E-state index in [9.17, 15) is 0 Å². The zero-order valence-electron chi connectivity index (χ0n) is 10.6. The van der Waals surface area contributed by atoms with Crippen LogP contribution in [0.4, 0.5) is 0 Å². The van der Waals surface area contributed by atoms with Gasteiger partial charge < -0.3 is 19.5 Å². The van der Waals surface area contributed by atoms with Gasteiger partial charge in [0.1, 0.15) is 18.1 Å². The van der Waals surface area contributed by atoms with Gasteiger partial charge in [-0.15, -0.1) is 0 Å². The van der Waals surface area contributed by atoms with Crippen molar-refractivity contribution >= 4 is 12.6 Å². The average Bonchev–Trinajstić information content (AvgIpc) is 2.46. The summed E-state index contributed by atoms with van der Waals surface area (Å²) in [5.74, 6) is 1.47. The van der Waals surface area contributed by atoms with Gasteiger partial charge in [0.05, 0.1) is 7.11 Å². The number of hydrogen-bond donors (Lipinski definition) is 2. The highest BCUT2D eigenvalue weighted by atomic mass is 16.5. The first kappa shape index (κ1) is 13.5. The maximum absolute atomic E-state index is 8.99. The molecule has 0 atom stereocenters. The summed E-state index contributed by atoms with van der Waals surface area (Å²) in [5.41, 5.74) is 1.41. The molecule has 0 aliphatic carbocycles. The molecule has 0 saturated carbocycles. The molecule has 0 saturated heterocycles. The summed E-state index contributed by atoms with van der Waals surface area (Å²) in [6.07, 6.45) is 0. The molecule has 0 radical (unpaired) electrons. The summed E-state index contributed by atoms with van der Waals surface area (Å²) in [4.78, 5) is 0. The number of rotatable bonds is 5. The van der Waals surface area contributed by atoms with E-state index in [4.69, 9.17) is 19.5 Å². The van der Waals surface area contributed by atoms with Crippen molar-refractivity contribution in [2.45, 2.75) is 6.61 Å². The van der Waals surface area contributed by atoms with Gasteiger partial charge in [-0.2, -0.15) is 0 Å². The Hall–Kier alpha value is -1.98. The summed E-state index contributed by atoms with van der Waals surface area (Å²) >= 11 is 0. The third-order valence-electron chi connectivity index (χ3n) is 2.72. The molecule has 2 aromatic carbocycles. The first-order valence-electron chi connectivity index (χ1n) is 5.91. The zero-order valence-corrected chi connectivity index (χ0v) is 10.6. The van der Waals surface area contributed by atoms with Gasteiger partial charge in [0.15, 0.2) is 0 Å². The lowest BCUT2D eigenvalue weighted by molar-refractivity contribution is 0.303. The van der Waals surface area contributed by atoms with Crippen LogP contribution in [0.5, 0.6) is 11.5 Å². The second-order valence-corrected chi connectivity index (χ2v) is 4.08. The Kier molecular flexibility index (Phi) is 4.44. The van der Waals surface area contributed by atoms with Crippen molar-refractivity contribution in [3.63, 3.8) is 0 Å². The summed E-state index contributed by atoms with van der Waals surface area (Å²) in [7, 11) is 0.172. The summed E-state index contributed by atoms with van der Waals surface area (Å²) in [5, 5.41) is 18.0. The molecule has 2 rings (SSSR count). The van der Waals surface area contributed by atoms with Crippen LogP contribution in [0.2, 0.25) is 0 Å². The molecule has 0 aliphatic heterocycles. The lowest BCUT2D eigenvalue weighted by Gasteiger charge is -2.08.